The summed E-state index contributed by atoms with van der Waals surface area (Å²) in [4.78, 5) is 42.7. The number of carbonyl (C=O) groups is 2. The summed E-state index contributed by atoms with van der Waals surface area (Å²) in [5, 5.41) is 14.1. The molecule has 4 aromatic carbocycles. The van der Waals surface area contributed by atoms with E-state index in [1.807, 2.05) is 30.3 Å². The van der Waals surface area contributed by atoms with Gasteiger partial charge in [0.2, 0.25) is 0 Å². The van der Waals surface area contributed by atoms with Gasteiger partial charge in [0.15, 0.2) is 17.8 Å². The molecule has 1 spiro atoms. The van der Waals surface area contributed by atoms with Crippen molar-refractivity contribution in [3.63, 3.8) is 0 Å². The molecule has 0 saturated carbocycles. The van der Waals surface area contributed by atoms with Gasteiger partial charge in [-0.15, -0.1) is 0 Å². The van der Waals surface area contributed by atoms with Crippen molar-refractivity contribution in [3.8, 4) is 5.75 Å². The highest BCUT2D eigenvalue weighted by Gasteiger charge is 2.82. The summed E-state index contributed by atoms with van der Waals surface area (Å²) in [5.74, 6) is -3.26. The number of fused-ring (bicyclic) bond motifs is 6. The van der Waals surface area contributed by atoms with Gasteiger partial charge in [-0.25, -0.2) is 4.39 Å². The third kappa shape index (κ3) is 4.36. The molecular formula is C34H25BrClFN2O7. The predicted octanol–water partition coefficient (Wildman–Crippen LogP) is 6.88. The summed E-state index contributed by atoms with van der Waals surface area (Å²) in [6, 6.07) is 24.4. The Morgan fingerprint density at radius 1 is 1.09 bits per heavy atom. The van der Waals surface area contributed by atoms with Crippen molar-refractivity contribution >= 4 is 45.1 Å². The van der Waals surface area contributed by atoms with E-state index in [1.165, 1.54) is 36.3 Å². The number of anilines is 1. The number of methoxy groups -OCH3 is 1. The van der Waals surface area contributed by atoms with Crippen LogP contribution < -0.4 is 9.64 Å². The van der Waals surface area contributed by atoms with Gasteiger partial charge in [-0.3, -0.25) is 19.7 Å². The number of nitrogens with zero attached hydrogens (tertiary/aromatic N) is 2. The lowest BCUT2D eigenvalue weighted by atomic mass is 9.63. The summed E-state index contributed by atoms with van der Waals surface area (Å²) in [6.07, 6.45) is -3.44. The molecule has 0 N–H and O–H groups in total. The van der Waals surface area contributed by atoms with Crippen LogP contribution in [-0.2, 0) is 31.2 Å². The largest absolute Gasteiger partial charge is 0.482 e. The fourth-order valence-corrected chi connectivity index (χ4v) is 7.71. The number of amides is 1. The summed E-state index contributed by atoms with van der Waals surface area (Å²) < 4.78 is 34.1. The molecule has 4 aromatic rings. The highest BCUT2D eigenvalue weighted by molar-refractivity contribution is 9.10. The second-order valence-electron chi connectivity index (χ2n) is 11.5. The number of hydrogen-bond acceptors (Lipinski definition) is 7. The van der Waals surface area contributed by atoms with Gasteiger partial charge < -0.3 is 19.1 Å². The fraction of sp³-hybridized carbons (Fsp3) is 0.235. The number of ether oxygens (including phenoxy) is 3. The van der Waals surface area contributed by atoms with Crippen molar-refractivity contribution in [2.75, 3.05) is 12.0 Å². The van der Waals surface area contributed by atoms with Crippen molar-refractivity contribution in [1.82, 2.24) is 0 Å². The quantitative estimate of drug-likeness (QED) is 0.122. The Hall–Kier alpha value is -4.32. The van der Waals surface area contributed by atoms with Crippen LogP contribution >= 0.6 is 27.5 Å². The first-order valence-corrected chi connectivity index (χ1v) is 15.5. The Morgan fingerprint density at radius 2 is 1.83 bits per heavy atom. The van der Waals surface area contributed by atoms with Crippen LogP contribution in [0.25, 0.3) is 0 Å². The first-order valence-electron chi connectivity index (χ1n) is 14.4. The maximum absolute atomic E-state index is 15.2. The normalized spacial score (nSPS) is 25.9. The van der Waals surface area contributed by atoms with E-state index >= 15 is 9.18 Å². The van der Waals surface area contributed by atoms with Gasteiger partial charge in [-0.05, 0) is 59.7 Å². The van der Waals surface area contributed by atoms with E-state index in [0.29, 0.717) is 15.7 Å². The minimum atomic E-state index is -2.29. The standard InChI is InChI=1S/C34H25BrClFN2O7/c1-44-29(40)17-28-33(39(42)43)30(24-15-22(36)11-14-27(24)45-28)34(46-31(33)20-7-9-21(35)10-8-20)25-16-23(37)12-13-26(25)38(32(34)41)18-19-5-3-2-4-6-19/h2-16,28,30-31H,17-18H2,1H3/t28-,30+,31+,33+,34-/m1/s1. The lowest BCUT2D eigenvalue weighted by Crippen LogP contribution is -2.62. The molecule has 9 nitrogen and oxygen atoms in total. The monoisotopic (exact) mass is 706 g/mol. The highest BCUT2D eigenvalue weighted by Crippen LogP contribution is 2.69. The van der Waals surface area contributed by atoms with E-state index in [4.69, 9.17) is 25.8 Å². The Kier molecular flexibility index (Phi) is 7.38. The summed E-state index contributed by atoms with van der Waals surface area (Å²) in [7, 11) is 1.18. The first-order chi connectivity index (χ1) is 22.1. The Bertz CT molecular complexity index is 1890. The lowest BCUT2D eigenvalue weighted by molar-refractivity contribution is -0.593. The van der Waals surface area contributed by atoms with Crippen LogP contribution in [0.3, 0.4) is 0 Å². The maximum atomic E-state index is 15.2. The molecule has 1 saturated heterocycles. The van der Waals surface area contributed by atoms with E-state index < -0.39 is 58.3 Å². The van der Waals surface area contributed by atoms with Crippen molar-refractivity contribution in [2.45, 2.75) is 42.2 Å². The average molecular weight is 708 g/mol. The third-order valence-electron chi connectivity index (χ3n) is 9.13. The van der Waals surface area contributed by atoms with Gasteiger partial charge in [0.1, 0.15) is 17.5 Å². The van der Waals surface area contributed by atoms with Crippen LogP contribution in [0.1, 0.15) is 40.7 Å². The zero-order valence-corrected chi connectivity index (χ0v) is 26.5. The molecule has 5 atom stereocenters. The SMILES string of the molecule is COC(=O)C[C@H]1Oc2ccc(Cl)cc2[C@H]2[C@]1([N+](=O)[O-])[C@H](c1ccc(Br)cc1)O[C@@]21C(=O)N(Cc2ccccc2)c2ccc(F)cc21. The van der Waals surface area contributed by atoms with Crippen LogP contribution in [-0.4, -0.2) is 35.6 Å². The molecule has 7 rings (SSSR count). The van der Waals surface area contributed by atoms with Gasteiger partial charge in [-0.1, -0.05) is 70.0 Å². The maximum Gasteiger partial charge on any atom is 0.309 e. The number of nitro groups is 1. The van der Waals surface area contributed by atoms with Gasteiger partial charge in [-0.2, -0.15) is 0 Å². The topological polar surface area (TPSA) is 108 Å². The second-order valence-corrected chi connectivity index (χ2v) is 12.8. The van der Waals surface area contributed by atoms with E-state index in [-0.39, 0.29) is 28.4 Å². The molecule has 46 heavy (non-hydrogen) atoms. The number of halogens is 3. The molecular weight excluding hydrogens is 683 g/mol. The number of rotatable bonds is 6. The molecule has 234 valence electrons. The number of hydrogen-bond donors (Lipinski definition) is 0. The average Bonchev–Trinajstić information content (AvgIpc) is 3.49. The van der Waals surface area contributed by atoms with Crippen molar-refractivity contribution in [1.29, 1.82) is 0 Å². The van der Waals surface area contributed by atoms with E-state index in [2.05, 4.69) is 15.9 Å². The number of carbonyl (C=O) groups excluding carboxylic acids is 2. The molecule has 12 heteroatoms. The summed E-state index contributed by atoms with van der Waals surface area (Å²) >= 11 is 9.91. The van der Waals surface area contributed by atoms with E-state index in [1.54, 1.807) is 36.4 Å². The predicted molar refractivity (Wildman–Crippen MR) is 169 cm³/mol. The molecule has 0 radical (unpaired) electrons. The molecule has 3 aliphatic rings. The Balaban J connectivity index is 1.56. The zero-order chi connectivity index (χ0) is 32.4. The Morgan fingerprint density at radius 3 is 2.52 bits per heavy atom. The van der Waals surface area contributed by atoms with Gasteiger partial charge in [0.05, 0.1) is 25.8 Å². The summed E-state index contributed by atoms with van der Waals surface area (Å²) in [5.41, 5.74) is -2.55. The molecule has 0 unspecified atom stereocenters. The summed E-state index contributed by atoms with van der Waals surface area (Å²) in [6.45, 7) is 0.0923. The lowest BCUT2D eigenvalue weighted by Gasteiger charge is -2.42. The van der Waals surface area contributed by atoms with Crippen LogP contribution in [0.15, 0.2) is 95.5 Å². The molecule has 1 amide bonds. The number of benzene rings is 4. The van der Waals surface area contributed by atoms with Crippen molar-refractivity contribution in [2.24, 2.45) is 0 Å². The Labute approximate surface area is 276 Å². The van der Waals surface area contributed by atoms with Crippen molar-refractivity contribution in [3.05, 3.63) is 139 Å². The van der Waals surface area contributed by atoms with Crippen LogP contribution in [0.5, 0.6) is 5.75 Å². The minimum Gasteiger partial charge on any atom is -0.482 e. The van der Waals surface area contributed by atoms with Crippen LogP contribution in [0.4, 0.5) is 10.1 Å². The molecule has 3 heterocycles. The second kappa shape index (κ2) is 11.2. The van der Waals surface area contributed by atoms with Gasteiger partial charge in [0, 0.05) is 25.5 Å². The molecule has 0 aliphatic carbocycles. The smallest absolute Gasteiger partial charge is 0.309 e. The van der Waals surface area contributed by atoms with Crippen LogP contribution in [0, 0.1) is 15.9 Å². The molecule has 3 aliphatic heterocycles. The van der Waals surface area contributed by atoms with E-state index in [9.17, 15) is 14.9 Å². The van der Waals surface area contributed by atoms with Gasteiger partial charge >= 0.3 is 5.97 Å². The minimum absolute atomic E-state index is 0.0923. The fourth-order valence-electron chi connectivity index (χ4n) is 7.26. The van der Waals surface area contributed by atoms with Crippen molar-refractivity contribution < 1.29 is 33.1 Å². The third-order valence-corrected chi connectivity index (χ3v) is 9.89. The first kappa shape index (κ1) is 30.3. The molecule has 0 bridgehead atoms. The molecule has 1 fully saturated rings. The number of esters is 1. The molecule has 0 aromatic heterocycles. The van der Waals surface area contributed by atoms with Gasteiger partial charge in [0.25, 0.3) is 11.4 Å². The van der Waals surface area contributed by atoms with E-state index in [0.717, 1.165) is 5.56 Å². The highest BCUT2D eigenvalue weighted by atomic mass is 79.9. The van der Waals surface area contributed by atoms with Crippen LogP contribution in [0.2, 0.25) is 5.02 Å². The zero-order valence-electron chi connectivity index (χ0n) is 24.2.